The molecule has 74 valence electrons. The molecule has 0 aliphatic heterocycles. The highest BCUT2D eigenvalue weighted by Crippen LogP contribution is 2.31. The van der Waals surface area contributed by atoms with Crippen LogP contribution in [0, 0.1) is 0 Å². The zero-order valence-corrected chi connectivity index (χ0v) is 8.51. The van der Waals surface area contributed by atoms with Gasteiger partial charge >= 0.3 is 0 Å². The smallest absolute Gasteiger partial charge is 0.0715 e. The Kier molecular flexibility index (Phi) is 1.33. The van der Waals surface area contributed by atoms with E-state index in [-0.39, 0.29) is 0 Å². The van der Waals surface area contributed by atoms with Gasteiger partial charge in [0, 0.05) is 23.2 Å². The summed E-state index contributed by atoms with van der Waals surface area (Å²) in [5, 5.41) is 4.92. The van der Waals surface area contributed by atoms with E-state index in [0.717, 1.165) is 11.0 Å². The van der Waals surface area contributed by atoms with Crippen molar-refractivity contribution in [3.05, 3.63) is 48.8 Å². The van der Waals surface area contributed by atoms with E-state index in [0.29, 0.717) is 0 Å². The zero-order valence-electron chi connectivity index (χ0n) is 8.51. The van der Waals surface area contributed by atoms with Gasteiger partial charge in [0.2, 0.25) is 0 Å². The van der Waals surface area contributed by atoms with Crippen LogP contribution in [0.15, 0.2) is 48.8 Å². The number of pyridine rings is 2. The van der Waals surface area contributed by atoms with Crippen molar-refractivity contribution >= 4 is 32.6 Å². The van der Waals surface area contributed by atoms with E-state index in [4.69, 9.17) is 0 Å². The summed E-state index contributed by atoms with van der Waals surface area (Å²) >= 11 is 0. The van der Waals surface area contributed by atoms with Crippen molar-refractivity contribution in [2.45, 2.75) is 0 Å². The SMILES string of the molecule is c1cc2ccc3nccc4ccc(n1)c2c43. The van der Waals surface area contributed by atoms with Gasteiger partial charge in [-0.1, -0.05) is 12.1 Å². The van der Waals surface area contributed by atoms with E-state index in [1.165, 1.54) is 21.5 Å². The average molecular weight is 204 g/mol. The Morgan fingerprint density at radius 3 is 1.56 bits per heavy atom. The van der Waals surface area contributed by atoms with E-state index in [2.05, 4.69) is 34.2 Å². The third kappa shape index (κ3) is 0.865. The van der Waals surface area contributed by atoms with Gasteiger partial charge < -0.3 is 0 Å². The van der Waals surface area contributed by atoms with Crippen LogP contribution in [0.1, 0.15) is 0 Å². The molecule has 4 rings (SSSR count). The molecule has 2 aromatic carbocycles. The maximum absolute atomic E-state index is 4.41. The zero-order chi connectivity index (χ0) is 10.5. The second kappa shape index (κ2) is 2.67. The first-order chi connectivity index (χ1) is 7.93. The summed E-state index contributed by atoms with van der Waals surface area (Å²) in [6.07, 6.45) is 3.71. The van der Waals surface area contributed by atoms with Crippen molar-refractivity contribution < 1.29 is 0 Å². The summed E-state index contributed by atoms with van der Waals surface area (Å²) in [6.45, 7) is 0. The minimum absolute atomic E-state index is 1.05. The Labute approximate surface area is 91.9 Å². The first-order valence-electron chi connectivity index (χ1n) is 5.28. The molecule has 0 saturated heterocycles. The van der Waals surface area contributed by atoms with Crippen LogP contribution in [0.25, 0.3) is 32.6 Å². The van der Waals surface area contributed by atoms with Crippen LogP contribution in [0.2, 0.25) is 0 Å². The summed E-state index contributed by atoms with van der Waals surface area (Å²) in [7, 11) is 0. The minimum atomic E-state index is 1.05. The largest absolute Gasteiger partial charge is 0.256 e. The van der Waals surface area contributed by atoms with Gasteiger partial charge in [-0.2, -0.15) is 0 Å². The maximum Gasteiger partial charge on any atom is 0.0715 e. The number of hydrogen-bond acceptors (Lipinski definition) is 2. The van der Waals surface area contributed by atoms with Gasteiger partial charge in [0.15, 0.2) is 0 Å². The van der Waals surface area contributed by atoms with Gasteiger partial charge in [-0.15, -0.1) is 0 Å². The predicted molar refractivity (Wildman–Crippen MR) is 65.7 cm³/mol. The number of rotatable bonds is 0. The standard InChI is InChI=1S/C14H8N2/c1-3-11-14-10(6-8-15-11)2-4-12-13(14)9(1)5-7-16-12/h1-8H. The summed E-state index contributed by atoms with van der Waals surface area (Å²) < 4.78 is 0. The van der Waals surface area contributed by atoms with Crippen molar-refractivity contribution in [3.8, 4) is 0 Å². The van der Waals surface area contributed by atoms with Crippen LogP contribution < -0.4 is 0 Å². The molecule has 0 aliphatic carbocycles. The number of benzene rings is 2. The van der Waals surface area contributed by atoms with Crippen LogP contribution in [0.5, 0.6) is 0 Å². The van der Waals surface area contributed by atoms with Gasteiger partial charge in [-0.05, 0) is 35.0 Å². The molecule has 0 unspecified atom stereocenters. The Morgan fingerprint density at radius 2 is 1.06 bits per heavy atom. The monoisotopic (exact) mass is 204 g/mol. The molecule has 2 heteroatoms. The number of nitrogens with zero attached hydrogens (tertiary/aromatic N) is 2. The van der Waals surface area contributed by atoms with Gasteiger partial charge in [-0.3, -0.25) is 9.97 Å². The van der Waals surface area contributed by atoms with Gasteiger partial charge in [0.05, 0.1) is 11.0 Å². The lowest BCUT2D eigenvalue weighted by Crippen LogP contribution is -1.86. The minimum Gasteiger partial charge on any atom is -0.256 e. The molecule has 0 bridgehead atoms. The molecular formula is C14H8N2. The third-order valence-electron chi connectivity index (χ3n) is 3.12. The molecule has 0 atom stereocenters. The van der Waals surface area contributed by atoms with Crippen LogP contribution >= 0.6 is 0 Å². The Balaban J connectivity index is 2.51. The summed E-state index contributed by atoms with van der Waals surface area (Å²) in [4.78, 5) is 8.81. The predicted octanol–water partition coefficient (Wildman–Crippen LogP) is 3.37. The van der Waals surface area contributed by atoms with Crippen molar-refractivity contribution in [2.24, 2.45) is 0 Å². The Hall–Kier alpha value is -2.22. The fourth-order valence-electron chi connectivity index (χ4n) is 2.40. The lowest BCUT2D eigenvalue weighted by atomic mass is 10.0. The fraction of sp³-hybridized carbons (Fsp3) is 0. The molecular weight excluding hydrogens is 196 g/mol. The molecule has 4 aromatic rings. The molecule has 2 nitrogen and oxygen atoms in total. The summed E-state index contributed by atoms with van der Waals surface area (Å²) in [6, 6.07) is 12.5. The topological polar surface area (TPSA) is 25.8 Å². The number of aromatic nitrogens is 2. The maximum atomic E-state index is 4.41. The molecule has 16 heavy (non-hydrogen) atoms. The van der Waals surface area contributed by atoms with E-state index < -0.39 is 0 Å². The average Bonchev–Trinajstić information content (AvgIpc) is 2.36. The third-order valence-corrected chi connectivity index (χ3v) is 3.12. The first kappa shape index (κ1) is 7.99. The Bertz CT molecular complexity index is 675. The van der Waals surface area contributed by atoms with Crippen LogP contribution in [-0.2, 0) is 0 Å². The molecule has 2 aromatic heterocycles. The molecule has 2 heterocycles. The molecule has 0 saturated carbocycles. The van der Waals surface area contributed by atoms with E-state index in [9.17, 15) is 0 Å². The molecule has 0 aliphatic rings. The second-order valence-corrected chi connectivity index (χ2v) is 3.99. The molecule has 0 N–H and O–H groups in total. The van der Waals surface area contributed by atoms with Crippen LogP contribution in [0.4, 0.5) is 0 Å². The van der Waals surface area contributed by atoms with Crippen molar-refractivity contribution in [3.63, 3.8) is 0 Å². The van der Waals surface area contributed by atoms with Gasteiger partial charge in [0.1, 0.15) is 0 Å². The molecule has 0 amide bonds. The van der Waals surface area contributed by atoms with Crippen molar-refractivity contribution in [2.75, 3.05) is 0 Å². The van der Waals surface area contributed by atoms with E-state index >= 15 is 0 Å². The van der Waals surface area contributed by atoms with Crippen molar-refractivity contribution in [1.29, 1.82) is 0 Å². The Morgan fingerprint density at radius 1 is 0.562 bits per heavy atom. The molecule has 0 fully saturated rings. The van der Waals surface area contributed by atoms with E-state index in [1.807, 2.05) is 24.5 Å². The molecule has 0 radical (unpaired) electrons. The fourth-order valence-corrected chi connectivity index (χ4v) is 2.40. The summed E-state index contributed by atoms with van der Waals surface area (Å²) in [5.41, 5.74) is 2.09. The molecule has 0 spiro atoms. The summed E-state index contributed by atoms with van der Waals surface area (Å²) in [5.74, 6) is 0. The quantitative estimate of drug-likeness (QED) is 0.410. The van der Waals surface area contributed by atoms with Crippen LogP contribution in [-0.4, -0.2) is 9.97 Å². The lowest BCUT2D eigenvalue weighted by Gasteiger charge is -2.08. The van der Waals surface area contributed by atoms with Crippen molar-refractivity contribution in [1.82, 2.24) is 9.97 Å². The van der Waals surface area contributed by atoms with Crippen LogP contribution in [0.3, 0.4) is 0 Å². The lowest BCUT2D eigenvalue weighted by molar-refractivity contribution is 1.41. The highest BCUT2D eigenvalue weighted by Gasteiger charge is 2.07. The first-order valence-corrected chi connectivity index (χ1v) is 5.28. The van der Waals surface area contributed by atoms with E-state index in [1.54, 1.807) is 0 Å². The highest BCUT2D eigenvalue weighted by molar-refractivity contribution is 6.20. The van der Waals surface area contributed by atoms with Gasteiger partial charge in [-0.25, -0.2) is 0 Å². The second-order valence-electron chi connectivity index (χ2n) is 3.99. The number of hydrogen-bond donors (Lipinski definition) is 0. The highest BCUT2D eigenvalue weighted by atomic mass is 14.7. The van der Waals surface area contributed by atoms with Gasteiger partial charge in [0.25, 0.3) is 0 Å². The normalized spacial score (nSPS) is 11.8.